The average Bonchev–Trinajstić information content (AvgIpc) is 2.28. The van der Waals surface area contributed by atoms with Crippen LogP contribution in [0.25, 0.3) is 0 Å². The van der Waals surface area contributed by atoms with Gasteiger partial charge >= 0.3 is 19.8 Å². The molecule has 4 nitrogen and oxygen atoms in total. The maximum atomic E-state index is 11.7. The molecule has 0 N–H and O–H groups in total. The number of carbonyl (C=O) groups excluding carboxylic acids is 1. The van der Waals surface area contributed by atoms with Gasteiger partial charge in [-0.25, -0.2) is 6.14 Å². The fourth-order valence-corrected chi connectivity index (χ4v) is 2.86. The fourth-order valence-electron chi connectivity index (χ4n) is 1.37. The van der Waals surface area contributed by atoms with Crippen LogP contribution >= 0.6 is 19.8 Å². The third-order valence-corrected chi connectivity index (χ3v) is 4.08. The molecule has 0 aromatic heterocycles. The molecule has 0 aliphatic heterocycles. The van der Waals surface area contributed by atoms with Crippen molar-refractivity contribution < 1.29 is 10.9 Å². The number of anilines is 1. The summed E-state index contributed by atoms with van der Waals surface area (Å²) >= 11 is -3.55. The van der Waals surface area contributed by atoms with Gasteiger partial charge in [0.05, 0.1) is 5.69 Å². The summed E-state index contributed by atoms with van der Waals surface area (Å²) in [5.41, 5.74) is 0.483. The van der Waals surface area contributed by atoms with Crippen molar-refractivity contribution in [3.05, 3.63) is 27.8 Å². The van der Waals surface area contributed by atoms with Crippen molar-refractivity contribution >= 4 is 31.4 Å². The van der Waals surface area contributed by atoms with E-state index in [4.69, 9.17) is 0 Å². The van der Waals surface area contributed by atoms with Crippen molar-refractivity contribution in [2.75, 3.05) is 11.9 Å². The quantitative estimate of drug-likeness (QED) is 0.795. The van der Waals surface area contributed by atoms with Crippen molar-refractivity contribution in [2.45, 2.75) is 19.8 Å². The summed E-state index contributed by atoms with van der Waals surface area (Å²) in [6, 6.07) is 6.59. The third-order valence-electron chi connectivity index (χ3n) is 2.22. The molecule has 0 fully saturated rings. The Morgan fingerprint density at radius 1 is 1.31 bits per heavy atom. The third kappa shape index (κ3) is 3.01. The van der Waals surface area contributed by atoms with Gasteiger partial charge in [0.25, 0.3) is 0 Å². The first-order valence-corrected chi connectivity index (χ1v) is 7.82. The topological polar surface area (TPSA) is 54.5 Å². The number of benzene rings is 1. The van der Waals surface area contributed by atoms with E-state index in [2.05, 4.69) is 0 Å². The molecule has 88 valence electrons. The summed E-state index contributed by atoms with van der Waals surface area (Å²) < 4.78 is 22.5. The lowest BCUT2D eigenvalue weighted by atomic mass is 10.2. The second kappa shape index (κ2) is 5.93. The maximum absolute atomic E-state index is 11.7. The van der Waals surface area contributed by atoms with Gasteiger partial charge in [-0.3, -0.25) is 4.79 Å². The Bertz CT molecular complexity index is 446. The van der Waals surface area contributed by atoms with Gasteiger partial charge in [0.15, 0.2) is 0 Å². The van der Waals surface area contributed by atoms with E-state index in [1.165, 1.54) is 11.0 Å². The molecule has 0 saturated carbocycles. The number of halogens is 1. The first kappa shape index (κ1) is 13.1. The van der Waals surface area contributed by atoms with Gasteiger partial charge in [-0.05, 0) is 18.6 Å². The molecule has 1 aromatic carbocycles. The van der Waals surface area contributed by atoms with Gasteiger partial charge in [0.2, 0.25) is 5.91 Å². The summed E-state index contributed by atoms with van der Waals surface area (Å²) in [5, 5.41) is 0. The zero-order valence-electron chi connectivity index (χ0n) is 9.27. The van der Waals surface area contributed by atoms with Crippen molar-refractivity contribution in [1.29, 1.82) is 0 Å². The molecule has 0 atom stereocenters. The largest absolute Gasteiger partial charge is 0.342 e. The second-order valence-electron chi connectivity index (χ2n) is 3.37. The van der Waals surface area contributed by atoms with Gasteiger partial charge in [0.1, 0.15) is 3.57 Å². The van der Waals surface area contributed by atoms with E-state index >= 15 is 0 Å². The van der Waals surface area contributed by atoms with E-state index in [0.717, 1.165) is 6.42 Å². The standard InChI is InChI=1S/C11H14INO3/c1-3-6-11(14)13(2)10-8-5-4-7-9(10)12(15)16/h4-5,7-8H,3,6H2,1-2H3. The van der Waals surface area contributed by atoms with E-state index < -0.39 is 19.8 Å². The average molecular weight is 335 g/mol. The van der Waals surface area contributed by atoms with Crippen molar-refractivity contribution in [3.8, 4) is 0 Å². The van der Waals surface area contributed by atoms with Crippen LogP contribution in [-0.2, 0) is 10.9 Å². The SMILES string of the molecule is CCCC(=O)N(C)c1ccccc1I(=O)=O. The Labute approximate surface area is 102 Å². The van der Waals surface area contributed by atoms with Crippen LogP contribution in [-0.4, -0.2) is 13.0 Å². The smallest absolute Gasteiger partial charge is 0.314 e. The Morgan fingerprint density at radius 2 is 1.94 bits per heavy atom. The number of rotatable bonds is 4. The minimum Gasteiger partial charge on any atom is -0.314 e. The molecule has 0 bridgehead atoms. The molecule has 0 spiro atoms. The van der Waals surface area contributed by atoms with Gasteiger partial charge in [-0.2, -0.15) is 0 Å². The molecule has 0 aliphatic carbocycles. The predicted molar refractivity (Wildman–Crippen MR) is 68.9 cm³/mol. The van der Waals surface area contributed by atoms with Crippen LogP contribution in [0, 0.1) is 3.57 Å². The van der Waals surface area contributed by atoms with E-state index in [1.807, 2.05) is 6.92 Å². The number of hydrogen-bond acceptors (Lipinski definition) is 3. The number of nitrogens with zero attached hydrogens (tertiary/aromatic N) is 1. The fraction of sp³-hybridized carbons (Fsp3) is 0.364. The highest BCUT2D eigenvalue weighted by molar-refractivity contribution is 14.2. The molecule has 0 radical (unpaired) electrons. The van der Waals surface area contributed by atoms with Gasteiger partial charge in [-0.1, -0.05) is 19.1 Å². The molecule has 0 aliphatic rings. The predicted octanol–water partition coefficient (Wildman–Crippen LogP) is 2.82. The Hall–Kier alpha value is -0.980. The lowest BCUT2D eigenvalue weighted by Gasteiger charge is -2.17. The van der Waals surface area contributed by atoms with E-state index in [-0.39, 0.29) is 9.48 Å². The van der Waals surface area contributed by atoms with Crippen LogP contribution in [0.4, 0.5) is 5.69 Å². The van der Waals surface area contributed by atoms with Crippen LogP contribution in [0.5, 0.6) is 0 Å². The monoisotopic (exact) mass is 335 g/mol. The Kier molecular flexibility index (Phi) is 4.85. The normalized spacial score (nSPS) is 10.4. The maximum Gasteiger partial charge on any atom is 0.342 e. The summed E-state index contributed by atoms with van der Waals surface area (Å²) in [6.07, 6.45) is 1.18. The zero-order valence-corrected chi connectivity index (χ0v) is 11.4. The van der Waals surface area contributed by atoms with Crippen LogP contribution in [0.2, 0.25) is 0 Å². The van der Waals surface area contributed by atoms with Crippen LogP contribution in [0.3, 0.4) is 0 Å². The molecule has 0 heterocycles. The van der Waals surface area contributed by atoms with Crippen LogP contribution in [0.15, 0.2) is 24.3 Å². The number of carbonyl (C=O) groups is 1. The Morgan fingerprint density at radius 3 is 2.50 bits per heavy atom. The van der Waals surface area contributed by atoms with Crippen molar-refractivity contribution in [3.63, 3.8) is 0 Å². The molecular weight excluding hydrogens is 321 g/mol. The summed E-state index contributed by atoms with van der Waals surface area (Å²) in [5.74, 6) is -0.0623. The molecule has 1 aromatic rings. The molecule has 5 heteroatoms. The second-order valence-corrected chi connectivity index (χ2v) is 5.77. The van der Waals surface area contributed by atoms with E-state index in [0.29, 0.717) is 12.1 Å². The van der Waals surface area contributed by atoms with E-state index in [9.17, 15) is 10.9 Å². The highest BCUT2D eigenvalue weighted by Gasteiger charge is 2.15. The Balaban J connectivity index is 3.08. The number of hydrogen-bond donors (Lipinski definition) is 0. The van der Waals surface area contributed by atoms with Crippen molar-refractivity contribution in [2.24, 2.45) is 0 Å². The van der Waals surface area contributed by atoms with Gasteiger partial charge in [-0.15, -0.1) is 0 Å². The summed E-state index contributed by atoms with van der Waals surface area (Å²) in [4.78, 5) is 13.1. The highest BCUT2D eigenvalue weighted by atomic mass is 127. The first-order chi connectivity index (χ1) is 7.57. The molecular formula is C11H14INO3. The zero-order chi connectivity index (χ0) is 12.1. The molecule has 0 saturated heterocycles. The van der Waals surface area contributed by atoms with Gasteiger partial charge < -0.3 is 4.90 Å². The molecule has 16 heavy (non-hydrogen) atoms. The van der Waals surface area contributed by atoms with E-state index in [1.54, 1.807) is 25.2 Å². The highest BCUT2D eigenvalue weighted by Crippen LogP contribution is 2.28. The number of para-hydroxylation sites is 1. The molecule has 1 rings (SSSR count). The van der Waals surface area contributed by atoms with Crippen molar-refractivity contribution in [1.82, 2.24) is 0 Å². The number of amides is 1. The molecule has 1 amide bonds. The molecule has 0 unspecified atom stereocenters. The lowest BCUT2D eigenvalue weighted by molar-refractivity contribution is -0.118. The first-order valence-electron chi connectivity index (χ1n) is 4.98. The lowest BCUT2D eigenvalue weighted by Crippen LogP contribution is -2.26. The van der Waals surface area contributed by atoms with Gasteiger partial charge in [0, 0.05) is 13.5 Å². The minimum atomic E-state index is -3.55. The van der Waals surface area contributed by atoms with Crippen LogP contribution < -0.4 is 4.90 Å². The summed E-state index contributed by atoms with van der Waals surface area (Å²) in [7, 11) is 1.61. The van der Waals surface area contributed by atoms with Crippen LogP contribution in [0.1, 0.15) is 19.8 Å². The summed E-state index contributed by atoms with van der Waals surface area (Å²) in [6.45, 7) is 1.91. The minimum absolute atomic E-state index is 0.0623.